The van der Waals surface area contributed by atoms with Crippen molar-refractivity contribution in [3.63, 3.8) is 0 Å². The first-order valence-electron chi connectivity index (χ1n) is 12.8. The van der Waals surface area contributed by atoms with Crippen LogP contribution in [0.15, 0.2) is 23.8 Å². The van der Waals surface area contributed by atoms with Gasteiger partial charge in [-0.05, 0) is 67.4 Å². The first-order chi connectivity index (χ1) is 14.9. The van der Waals surface area contributed by atoms with Crippen LogP contribution in [-0.4, -0.2) is 39.3 Å². The Balaban J connectivity index is 1.59. The highest BCUT2D eigenvalue weighted by molar-refractivity contribution is 7.82. The van der Waals surface area contributed by atoms with Crippen LogP contribution in [0, 0.1) is 16.7 Å². The number of fused-ring (bicyclic) bond motifs is 5. The van der Waals surface area contributed by atoms with Gasteiger partial charge >= 0.3 is 5.97 Å². The molecule has 4 unspecified atom stereocenters. The Morgan fingerprint density at radius 2 is 1.91 bits per heavy atom. The summed E-state index contributed by atoms with van der Waals surface area (Å²) in [5.41, 5.74) is 3.11. The van der Waals surface area contributed by atoms with Crippen LogP contribution >= 0.6 is 12.6 Å². The second-order valence-corrected chi connectivity index (χ2v) is 12.9. The predicted molar refractivity (Wildman–Crippen MR) is 140 cm³/mol. The molecule has 6 heteroatoms. The lowest BCUT2D eigenvalue weighted by Crippen LogP contribution is -2.65. The summed E-state index contributed by atoms with van der Waals surface area (Å²) in [7, 11) is 5.10. The van der Waals surface area contributed by atoms with E-state index >= 15 is 0 Å². The zero-order chi connectivity index (χ0) is 23.6. The number of hydrogen-bond acceptors (Lipinski definition) is 4. The van der Waals surface area contributed by atoms with Gasteiger partial charge in [0.2, 0.25) is 0 Å². The monoisotopic (exact) mass is 456 g/mol. The van der Waals surface area contributed by atoms with Gasteiger partial charge in [0.25, 0.3) is 0 Å². The number of allylic oxidation sites excluding steroid dienone is 3. The van der Waals surface area contributed by atoms with Gasteiger partial charge in [-0.3, -0.25) is 4.79 Å². The molecule has 3 nitrogen and oxygen atoms in total. The zero-order valence-electron chi connectivity index (χ0n) is 21.2. The summed E-state index contributed by atoms with van der Waals surface area (Å²) in [6, 6.07) is 0. The molecule has 0 N–H and O–H groups in total. The van der Waals surface area contributed by atoms with E-state index < -0.39 is 0 Å². The molecular weight excluding hydrogens is 414 g/mol. The number of rotatable bonds is 5. The molecule has 0 bridgehead atoms. The number of thiol groups is 1. The van der Waals surface area contributed by atoms with Gasteiger partial charge in [0.05, 0.1) is 12.0 Å². The molecule has 0 radical (unpaired) electrons. The van der Waals surface area contributed by atoms with E-state index in [1.54, 1.807) is 5.57 Å². The Hall–Kier alpha value is -0.610. The lowest BCUT2D eigenvalue weighted by molar-refractivity contribution is -0.173. The average molecular weight is 456 g/mol. The van der Waals surface area contributed by atoms with Crippen molar-refractivity contribution in [1.82, 2.24) is 0 Å². The third-order valence-electron chi connectivity index (χ3n) is 11.3. The number of esters is 1. The van der Waals surface area contributed by atoms with Gasteiger partial charge in [-0.15, -0.1) is 0 Å². The molecule has 0 aliphatic heterocycles. The fraction of sp³-hybridized carbons (Fsp3) is 0.808. The number of hydrogen-bond donors (Lipinski definition) is 1. The molecule has 3 fully saturated rings. The van der Waals surface area contributed by atoms with E-state index in [1.807, 2.05) is 13.8 Å². The Morgan fingerprint density at radius 1 is 1.19 bits per heavy atom. The first kappa shape index (κ1) is 24.5. The van der Waals surface area contributed by atoms with Crippen LogP contribution in [0.25, 0.3) is 0 Å². The van der Waals surface area contributed by atoms with Crippen LogP contribution in [-0.2, 0) is 14.3 Å². The predicted octanol–water partition coefficient (Wildman–Crippen LogP) is 4.84. The van der Waals surface area contributed by atoms with Crippen LogP contribution in [0.2, 0.25) is 10.6 Å². The molecule has 32 heavy (non-hydrogen) atoms. The zero-order valence-corrected chi connectivity index (χ0v) is 22.1. The minimum absolute atomic E-state index is 0.0248. The molecule has 0 aromatic heterocycles. The normalized spacial score (nSPS) is 46.5. The highest BCUT2D eigenvalue weighted by Gasteiger charge is 2.74. The van der Waals surface area contributed by atoms with Gasteiger partial charge in [0.15, 0.2) is 6.79 Å². The van der Waals surface area contributed by atoms with Gasteiger partial charge in [-0.2, -0.15) is 12.6 Å². The lowest BCUT2D eigenvalue weighted by atomic mass is 9.23. The Morgan fingerprint density at radius 3 is 2.59 bits per heavy atom. The van der Waals surface area contributed by atoms with Crippen LogP contribution in [0.1, 0.15) is 85.5 Å². The Kier molecular flexibility index (Phi) is 6.11. The van der Waals surface area contributed by atoms with E-state index in [1.165, 1.54) is 24.8 Å². The Bertz CT molecular complexity index is 845. The molecule has 4 aliphatic carbocycles. The van der Waals surface area contributed by atoms with Crippen molar-refractivity contribution in [2.75, 3.05) is 6.79 Å². The minimum Gasteiger partial charge on any atom is -0.438 e. The third kappa shape index (κ3) is 3.03. The van der Waals surface area contributed by atoms with Crippen LogP contribution in [0.5, 0.6) is 0 Å². The van der Waals surface area contributed by atoms with Crippen molar-refractivity contribution in [1.29, 1.82) is 0 Å². The second kappa shape index (κ2) is 7.97. The molecule has 0 spiro atoms. The van der Waals surface area contributed by atoms with Crippen molar-refractivity contribution in [3.05, 3.63) is 23.8 Å². The molecule has 7 atom stereocenters. The van der Waals surface area contributed by atoms with Crippen LogP contribution in [0.4, 0.5) is 0 Å². The molecule has 176 valence electrons. The Labute approximate surface area is 202 Å². The van der Waals surface area contributed by atoms with Gasteiger partial charge in [0, 0.05) is 10.2 Å². The van der Waals surface area contributed by atoms with Crippen molar-refractivity contribution in [2.45, 2.75) is 107 Å². The van der Waals surface area contributed by atoms with Gasteiger partial charge in [-0.1, -0.05) is 57.9 Å². The van der Waals surface area contributed by atoms with Crippen molar-refractivity contribution in [3.8, 4) is 0 Å². The number of ether oxygens (including phenoxy) is 2. The van der Waals surface area contributed by atoms with E-state index in [4.69, 9.17) is 22.1 Å². The number of carbonyl (C=O) groups excluding carboxylic acids is 1. The molecule has 4 aliphatic rings. The minimum atomic E-state index is -0.158. The van der Waals surface area contributed by atoms with E-state index in [2.05, 4.69) is 42.2 Å². The van der Waals surface area contributed by atoms with E-state index in [0.29, 0.717) is 0 Å². The van der Waals surface area contributed by atoms with Crippen LogP contribution in [0.3, 0.4) is 0 Å². The summed E-state index contributed by atoms with van der Waals surface area (Å²) in [6.07, 6.45) is 12.3. The van der Waals surface area contributed by atoms with Crippen molar-refractivity contribution < 1.29 is 14.3 Å². The topological polar surface area (TPSA) is 35.5 Å². The molecule has 0 saturated heterocycles. The fourth-order valence-corrected chi connectivity index (χ4v) is 9.00. The molecular formula is C26H42B2O3S. The maximum Gasteiger partial charge on any atom is 0.310 e. The van der Waals surface area contributed by atoms with Crippen LogP contribution < -0.4 is 0 Å². The summed E-state index contributed by atoms with van der Waals surface area (Å²) in [6.45, 7) is 13.2. The molecule has 3 saturated carbocycles. The molecule has 0 aromatic rings. The van der Waals surface area contributed by atoms with Gasteiger partial charge < -0.3 is 9.47 Å². The molecule has 4 rings (SSSR count). The van der Waals surface area contributed by atoms with E-state index in [9.17, 15) is 4.79 Å². The SMILES string of the molecule is B[C@@]12CCC3=CC(=C)CCC3(C)[C@@]1(B)CCC1(C)C(OCOC(=O)C(C)CC)CC[C@]12S. The maximum atomic E-state index is 12.1. The lowest BCUT2D eigenvalue weighted by Gasteiger charge is -2.73. The summed E-state index contributed by atoms with van der Waals surface area (Å²) in [4.78, 5) is 12.1. The van der Waals surface area contributed by atoms with Crippen molar-refractivity contribution in [2.24, 2.45) is 16.7 Å². The highest BCUT2D eigenvalue weighted by atomic mass is 32.1. The summed E-state index contributed by atoms with van der Waals surface area (Å²) >= 11 is 5.61. The van der Waals surface area contributed by atoms with Crippen molar-refractivity contribution >= 4 is 34.3 Å². The summed E-state index contributed by atoms with van der Waals surface area (Å²) in [5, 5.41) is 0.316. The molecule has 0 amide bonds. The highest BCUT2D eigenvalue weighted by Crippen LogP contribution is 2.84. The average Bonchev–Trinajstić information content (AvgIpc) is 3.02. The van der Waals surface area contributed by atoms with E-state index in [-0.39, 0.29) is 51.0 Å². The quantitative estimate of drug-likeness (QED) is 0.278. The van der Waals surface area contributed by atoms with Gasteiger partial charge in [0.1, 0.15) is 15.7 Å². The largest absolute Gasteiger partial charge is 0.438 e. The third-order valence-corrected chi connectivity index (χ3v) is 12.6. The molecule has 0 aromatic carbocycles. The number of carbonyl (C=O) groups is 1. The first-order valence-corrected chi connectivity index (χ1v) is 13.2. The summed E-state index contributed by atoms with van der Waals surface area (Å²) in [5.74, 6) is -0.234. The second-order valence-electron chi connectivity index (χ2n) is 12.2. The van der Waals surface area contributed by atoms with Gasteiger partial charge in [-0.25, -0.2) is 0 Å². The standard InChI is InChI=1S/C26H42B2O3S/c1-6-18(3)21(29)31-16-30-20-9-12-26(32)23(20,5)13-14-24(27)22(4)10-7-17(2)15-19(22)8-11-25(24,26)28/h15,18,20,32H,2,6-14,16,27-28H2,1,3-5H3/t18?,20?,22?,23?,24-,25-,26-/m0/s1. The molecule has 0 heterocycles. The summed E-state index contributed by atoms with van der Waals surface area (Å²) < 4.78 is 11.7. The fourth-order valence-electron chi connectivity index (χ4n) is 8.26. The maximum absolute atomic E-state index is 12.1. The smallest absolute Gasteiger partial charge is 0.310 e. The van der Waals surface area contributed by atoms with E-state index in [0.717, 1.165) is 38.5 Å².